The van der Waals surface area contributed by atoms with Crippen molar-refractivity contribution in [3.8, 4) is 0 Å². The van der Waals surface area contributed by atoms with Crippen LogP contribution in [0.25, 0.3) is 11.2 Å². The topological polar surface area (TPSA) is 90.8 Å². The first-order valence-electron chi connectivity index (χ1n) is 6.46. The van der Waals surface area contributed by atoms with E-state index < -0.39 is 0 Å². The van der Waals surface area contributed by atoms with Crippen LogP contribution in [-0.2, 0) is 24.8 Å². The van der Waals surface area contributed by atoms with Crippen LogP contribution in [0.2, 0.25) is 0 Å². The van der Waals surface area contributed by atoms with Crippen molar-refractivity contribution in [3.05, 3.63) is 5.69 Å². The average molecular weight is 264 g/mol. The zero-order valence-corrected chi connectivity index (χ0v) is 11.6. The number of nitrogens with one attached hydrogen (secondary N) is 1. The molecule has 0 saturated carbocycles. The number of imidazole rings is 1. The summed E-state index contributed by atoms with van der Waals surface area (Å²) in [4.78, 5) is 15.3. The van der Waals surface area contributed by atoms with E-state index in [2.05, 4.69) is 22.3 Å². The van der Waals surface area contributed by atoms with Gasteiger partial charge in [-0.25, -0.2) is 4.98 Å². The zero-order chi connectivity index (χ0) is 14.0. The Morgan fingerprint density at radius 1 is 1.47 bits per heavy atom. The Bertz CT molecular complexity index is 597. The molecule has 0 aliphatic carbocycles. The third-order valence-electron chi connectivity index (χ3n) is 3.02. The molecule has 0 aliphatic heterocycles. The predicted octanol–water partition coefficient (Wildman–Crippen LogP) is 0.441. The summed E-state index contributed by atoms with van der Waals surface area (Å²) in [6.07, 6.45) is 1.91. The SMILES string of the molecule is CCCc1nn(C)c2c1nc(N)n2CCNC(C)=O. The number of nitrogen functional groups attached to an aromatic ring is 1. The van der Waals surface area contributed by atoms with Crippen molar-refractivity contribution in [1.29, 1.82) is 0 Å². The van der Waals surface area contributed by atoms with Crippen molar-refractivity contribution in [2.75, 3.05) is 12.3 Å². The summed E-state index contributed by atoms with van der Waals surface area (Å²) in [5, 5.41) is 7.23. The van der Waals surface area contributed by atoms with E-state index in [9.17, 15) is 4.79 Å². The summed E-state index contributed by atoms with van der Waals surface area (Å²) in [6.45, 7) is 4.72. The highest BCUT2D eigenvalue weighted by molar-refractivity contribution is 5.78. The van der Waals surface area contributed by atoms with Crippen LogP contribution in [0.1, 0.15) is 26.0 Å². The summed E-state index contributed by atoms with van der Waals surface area (Å²) < 4.78 is 3.69. The molecule has 0 bridgehead atoms. The van der Waals surface area contributed by atoms with E-state index in [1.165, 1.54) is 6.92 Å². The van der Waals surface area contributed by atoms with E-state index in [4.69, 9.17) is 5.73 Å². The first kappa shape index (κ1) is 13.4. The fourth-order valence-electron chi connectivity index (χ4n) is 2.23. The molecule has 0 atom stereocenters. The third-order valence-corrected chi connectivity index (χ3v) is 3.02. The van der Waals surface area contributed by atoms with Gasteiger partial charge in [-0.1, -0.05) is 13.3 Å². The fourth-order valence-corrected chi connectivity index (χ4v) is 2.23. The molecule has 2 aromatic heterocycles. The number of hydrogen-bond acceptors (Lipinski definition) is 4. The van der Waals surface area contributed by atoms with Gasteiger partial charge in [-0.3, -0.25) is 14.0 Å². The molecule has 2 aromatic rings. The Kier molecular flexibility index (Phi) is 3.73. The van der Waals surface area contributed by atoms with Gasteiger partial charge in [0.2, 0.25) is 11.9 Å². The molecule has 7 nitrogen and oxygen atoms in total. The Balaban J connectivity index is 2.32. The number of aromatic nitrogens is 4. The van der Waals surface area contributed by atoms with Crippen molar-refractivity contribution < 1.29 is 4.79 Å². The van der Waals surface area contributed by atoms with Gasteiger partial charge >= 0.3 is 0 Å². The smallest absolute Gasteiger partial charge is 0.216 e. The van der Waals surface area contributed by atoms with Gasteiger partial charge in [0.15, 0.2) is 5.65 Å². The minimum absolute atomic E-state index is 0.0494. The van der Waals surface area contributed by atoms with E-state index in [1.54, 1.807) is 4.68 Å². The molecule has 2 heterocycles. The molecular formula is C12H20N6O. The quantitative estimate of drug-likeness (QED) is 0.820. The molecule has 0 aromatic carbocycles. The summed E-state index contributed by atoms with van der Waals surface area (Å²) in [5.41, 5.74) is 8.70. The molecule has 0 fully saturated rings. The van der Waals surface area contributed by atoms with Gasteiger partial charge in [-0.05, 0) is 6.42 Å². The lowest BCUT2D eigenvalue weighted by Gasteiger charge is -2.07. The number of amides is 1. The van der Waals surface area contributed by atoms with Crippen molar-refractivity contribution in [1.82, 2.24) is 24.6 Å². The van der Waals surface area contributed by atoms with Crippen LogP contribution in [0, 0.1) is 0 Å². The van der Waals surface area contributed by atoms with E-state index in [0.717, 1.165) is 29.7 Å². The highest BCUT2D eigenvalue weighted by Crippen LogP contribution is 2.21. The largest absolute Gasteiger partial charge is 0.369 e. The monoisotopic (exact) mass is 264 g/mol. The minimum Gasteiger partial charge on any atom is -0.369 e. The maximum atomic E-state index is 10.9. The summed E-state index contributed by atoms with van der Waals surface area (Å²) in [5.74, 6) is 0.414. The van der Waals surface area contributed by atoms with E-state index in [1.807, 2.05) is 11.6 Å². The van der Waals surface area contributed by atoms with Gasteiger partial charge in [0.1, 0.15) is 5.52 Å². The van der Waals surface area contributed by atoms with Gasteiger partial charge in [-0.15, -0.1) is 0 Å². The van der Waals surface area contributed by atoms with Crippen molar-refractivity contribution in [2.24, 2.45) is 7.05 Å². The van der Waals surface area contributed by atoms with Crippen LogP contribution in [-0.4, -0.2) is 31.8 Å². The number of carbonyl (C=O) groups excluding carboxylic acids is 1. The summed E-state index contributed by atoms with van der Waals surface area (Å²) in [7, 11) is 1.89. The van der Waals surface area contributed by atoms with Gasteiger partial charge in [0, 0.05) is 27.1 Å². The first-order valence-corrected chi connectivity index (χ1v) is 6.46. The Labute approximate surface area is 111 Å². The van der Waals surface area contributed by atoms with Gasteiger partial charge in [0.05, 0.1) is 5.69 Å². The van der Waals surface area contributed by atoms with Gasteiger partial charge in [-0.2, -0.15) is 5.10 Å². The number of hydrogen-bond donors (Lipinski definition) is 2. The number of anilines is 1. The molecule has 0 spiro atoms. The van der Waals surface area contributed by atoms with Crippen LogP contribution in [0.15, 0.2) is 0 Å². The highest BCUT2D eigenvalue weighted by atomic mass is 16.1. The van der Waals surface area contributed by atoms with Crippen LogP contribution < -0.4 is 11.1 Å². The van der Waals surface area contributed by atoms with Crippen LogP contribution in [0.4, 0.5) is 5.95 Å². The second-order valence-corrected chi connectivity index (χ2v) is 4.60. The maximum absolute atomic E-state index is 10.9. The molecule has 104 valence electrons. The Morgan fingerprint density at radius 3 is 2.84 bits per heavy atom. The fraction of sp³-hybridized carbons (Fsp3) is 0.583. The van der Waals surface area contributed by atoms with Crippen LogP contribution in [0.5, 0.6) is 0 Å². The number of nitrogens with zero attached hydrogens (tertiary/aromatic N) is 4. The van der Waals surface area contributed by atoms with Crippen LogP contribution >= 0.6 is 0 Å². The number of carbonyl (C=O) groups is 1. The second-order valence-electron chi connectivity index (χ2n) is 4.60. The normalized spacial score (nSPS) is 11.1. The molecular weight excluding hydrogens is 244 g/mol. The van der Waals surface area contributed by atoms with E-state index >= 15 is 0 Å². The third kappa shape index (κ3) is 2.54. The Hall–Kier alpha value is -2.05. The average Bonchev–Trinajstić information content (AvgIpc) is 2.79. The number of aryl methyl sites for hydroxylation is 2. The lowest BCUT2D eigenvalue weighted by molar-refractivity contribution is -0.118. The molecule has 0 unspecified atom stereocenters. The molecule has 0 radical (unpaired) electrons. The van der Waals surface area contributed by atoms with Crippen molar-refractivity contribution in [2.45, 2.75) is 33.2 Å². The summed E-state index contributed by atoms with van der Waals surface area (Å²) >= 11 is 0. The van der Waals surface area contributed by atoms with Gasteiger partial charge in [0.25, 0.3) is 0 Å². The standard InChI is InChI=1S/C12H20N6O/c1-4-5-9-10-11(17(3)16-9)18(12(13)15-10)7-6-14-8(2)19/h4-7H2,1-3H3,(H2,13,15)(H,14,19). The lowest BCUT2D eigenvalue weighted by Crippen LogP contribution is -2.25. The molecule has 7 heteroatoms. The summed E-state index contributed by atoms with van der Waals surface area (Å²) in [6, 6.07) is 0. The molecule has 0 saturated heterocycles. The zero-order valence-electron chi connectivity index (χ0n) is 11.6. The second kappa shape index (κ2) is 5.29. The predicted molar refractivity (Wildman–Crippen MR) is 73.6 cm³/mol. The van der Waals surface area contributed by atoms with Crippen molar-refractivity contribution >= 4 is 23.0 Å². The van der Waals surface area contributed by atoms with E-state index in [0.29, 0.717) is 19.0 Å². The Morgan fingerprint density at radius 2 is 2.21 bits per heavy atom. The number of rotatable bonds is 5. The first-order chi connectivity index (χ1) is 9.04. The molecule has 19 heavy (non-hydrogen) atoms. The molecule has 1 amide bonds. The highest BCUT2D eigenvalue weighted by Gasteiger charge is 2.17. The van der Waals surface area contributed by atoms with Crippen LogP contribution in [0.3, 0.4) is 0 Å². The lowest BCUT2D eigenvalue weighted by atomic mass is 10.2. The van der Waals surface area contributed by atoms with Crippen molar-refractivity contribution in [3.63, 3.8) is 0 Å². The molecule has 0 aliphatic rings. The molecule has 3 N–H and O–H groups in total. The number of fused-ring (bicyclic) bond motifs is 1. The molecule has 2 rings (SSSR count). The van der Waals surface area contributed by atoms with E-state index in [-0.39, 0.29) is 5.91 Å². The maximum Gasteiger partial charge on any atom is 0.216 e. The van der Waals surface area contributed by atoms with Gasteiger partial charge < -0.3 is 11.1 Å². The minimum atomic E-state index is -0.0494. The number of nitrogens with two attached hydrogens (primary N) is 1.